The van der Waals surface area contributed by atoms with Crippen LogP contribution in [0, 0.1) is 0 Å². The Morgan fingerprint density at radius 1 is 0.565 bits per heavy atom. The number of alkyl halides is 2. The second-order valence-electron chi connectivity index (χ2n) is 5.58. The summed E-state index contributed by atoms with van der Waals surface area (Å²) in [6, 6.07) is 28.1. The van der Waals surface area contributed by atoms with Gasteiger partial charge in [0.25, 0.3) is 0 Å². The molecule has 0 unspecified atom stereocenters. The molecule has 0 spiro atoms. The first-order valence-electron chi connectivity index (χ1n) is 7.53. The summed E-state index contributed by atoms with van der Waals surface area (Å²) < 4.78 is 0.119. The van der Waals surface area contributed by atoms with Gasteiger partial charge in [-0.2, -0.15) is 0 Å². The highest BCUT2D eigenvalue weighted by atomic mass is 79.9. The molecule has 4 aromatic carbocycles. The zero-order chi connectivity index (χ0) is 15.8. The van der Waals surface area contributed by atoms with Crippen LogP contribution < -0.4 is 0 Å². The summed E-state index contributed by atoms with van der Waals surface area (Å²) >= 11 is 7.39. The minimum absolute atomic E-state index is 0.119. The molecule has 2 heteroatoms. The zero-order valence-electron chi connectivity index (χ0n) is 12.3. The summed E-state index contributed by atoms with van der Waals surface area (Å²) in [4.78, 5) is 0. The van der Waals surface area contributed by atoms with Crippen LogP contribution in [0.2, 0.25) is 0 Å². The van der Waals surface area contributed by atoms with E-state index in [0.717, 1.165) is 0 Å². The van der Waals surface area contributed by atoms with Gasteiger partial charge in [-0.05, 0) is 38.2 Å². The van der Waals surface area contributed by atoms with E-state index in [-0.39, 0.29) is 3.74 Å². The Bertz CT molecular complexity index is 997. The van der Waals surface area contributed by atoms with Crippen molar-refractivity contribution >= 4 is 53.4 Å². The van der Waals surface area contributed by atoms with E-state index in [9.17, 15) is 0 Å². The van der Waals surface area contributed by atoms with Gasteiger partial charge in [-0.25, -0.2) is 0 Å². The number of fused-ring (bicyclic) bond motifs is 2. The van der Waals surface area contributed by atoms with Crippen LogP contribution >= 0.6 is 31.9 Å². The lowest BCUT2D eigenvalue weighted by Crippen LogP contribution is -1.91. The molecule has 4 rings (SSSR count). The predicted octanol–water partition coefficient (Wildman–Crippen LogP) is 7.45. The summed E-state index contributed by atoms with van der Waals surface area (Å²) in [7, 11) is 0. The van der Waals surface area contributed by atoms with Crippen molar-refractivity contribution in [3.05, 3.63) is 84.4 Å². The topological polar surface area (TPSA) is 0 Å². The van der Waals surface area contributed by atoms with Crippen LogP contribution in [0.4, 0.5) is 0 Å². The van der Waals surface area contributed by atoms with Crippen LogP contribution in [0.3, 0.4) is 0 Å². The molecule has 0 fully saturated rings. The molecule has 4 aromatic rings. The number of hydrogen-bond donors (Lipinski definition) is 0. The van der Waals surface area contributed by atoms with Gasteiger partial charge in [0.15, 0.2) is 0 Å². The smallest absolute Gasteiger partial charge is 0.0712 e. The van der Waals surface area contributed by atoms with Crippen molar-refractivity contribution in [2.24, 2.45) is 0 Å². The van der Waals surface area contributed by atoms with Gasteiger partial charge in [-0.1, -0.05) is 111 Å². The van der Waals surface area contributed by atoms with Crippen molar-refractivity contribution in [3.63, 3.8) is 0 Å². The van der Waals surface area contributed by atoms with E-state index in [1.54, 1.807) is 0 Å². The van der Waals surface area contributed by atoms with Gasteiger partial charge in [0.1, 0.15) is 0 Å². The van der Waals surface area contributed by atoms with E-state index >= 15 is 0 Å². The number of benzene rings is 4. The van der Waals surface area contributed by atoms with Crippen LogP contribution in [-0.4, -0.2) is 0 Å². The van der Waals surface area contributed by atoms with Gasteiger partial charge in [-0.15, -0.1) is 0 Å². The molecule has 0 bridgehead atoms. The third kappa shape index (κ3) is 2.60. The molecule has 0 saturated heterocycles. The third-order valence-corrected chi connectivity index (χ3v) is 5.24. The molecule has 0 N–H and O–H groups in total. The molecule has 0 radical (unpaired) electrons. The maximum atomic E-state index is 3.70. The van der Waals surface area contributed by atoms with Gasteiger partial charge in [-0.3, -0.25) is 0 Å². The van der Waals surface area contributed by atoms with Crippen LogP contribution in [0.25, 0.3) is 32.7 Å². The van der Waals surface area contributed by atoms with Crippen LogP contribution in [0.1, 0.15) is 9.30 Å². The van der Waals surface area contributed by atoms with E-state index in [2.05, 4.69) is 111 Å². The monoisotopic (exact) mass is 424 g/mol. The summed E-state index contributed by atoms with van der Waals surface area (Å²) in [6.45, 7) is 0. The average molecular weight is 426 g/mol. The molecule has 0 amide bonds. The molecule has 0 aliphatic heterocycles. The normalized spacial score (nSPS) is 11.4. The van der Waals surface area contributed by atoms with Crippen LogP contribution in [-0.2, 0) is 0 Å². The number of hydrogen-bond acceptors (Lipinski definition) is 0. The highest BCUT2D eigenvalue weighted by Gasteiger charge is 2.15. The first kappa shape index (κ1) is 14.9. The lowest BCUT2D eigenvalue weighted by Gasteiger charge is -2.16. The minimum Gasteiger partial charge on any atom is -0.0712 e. The first-order chi connectivity index (χ1) is 11.3. The summed E-state index contributed by atoms with van der Waals surface area (Å²) in [5, 5.41) is 5.10. The summed E-state index contributed by atoms with van der Waals surface area (Å²) in [6.07, 6.45) is 0. The Morgan fingerprint density at radius 2 is 1.17 bits per heavy atom. The Kier molecular flexibility index (Phi) is 3.96. The van der Waals surface area contributed by atoms with Gasteiger partial charge in [0, 0.05) is 0 Å². The first-order valence-corrected chi connectivity index (χ1v) is 9.37. The number of rotatable bonds is 2. The summed E-state index contributed by atoms with van der Waals surface area (Å²) in [5.74, 6) is 0. The fraction of sp³-hybridized carbons (Fsp3) is 0.0476. The van der Waals surface area contributed by atoms with E-state index in [0.29, 0.717) is 0 Å². The van der Waals surface area contributed by atoms with Gasteiger partial charge >= 0.3 is 0 Å². The zero-order valence-corrected chi connectivity index (χ0v) is 15.5. The van der Waals surface area contributed by atoms with Crippen molar-refractivity contribution in [1.82, 2.24) is 0 Å². The third-order valence-electron chi connectivity index (χ3n) is 4.26. The quantitative estimate of drug-likeness (QED) is 0.292. The van der Waals surface area contributed by atoms with Gasteiger partial charge in [0.2, 0.25) is 0 Å². The molecular formula is C21H14Br2. The highest BCUT2D eigenvalue weighted by Crippen LogP contribution is 2.42. The van der Waals surface area contributed by atoms with E-state index in [1.807, 2.05) is 0 Å². The molecular weight excluding hydrogens is 412 g/mol. The molecule has 23 heavy (non-hydrogen) atoms. The molecule has 0 atom stereocenters. The molecule has 0 nitrogen and oxygen atoms in total. The van der Waals surface area contributed by atoms with Crippen molar-refractivity contribution in [1.29, 1.82) is 0 Å². The SMILES string of the molecule is BrC(Br)c1ccc2ccccc2c1-c1cccc2ccccc12. The lowest BCUT2D eigenvalue weighted by molar-refractivity contribution is 1.44. The molecule has 0 aliphatic rings. The lowest BCUT2D eigenvalue weighted by atomic mass is 9.91. The molecule has 0 saturated carbocycles. The van der Waals surface area contributed by atoms with Crippen molar-refractivity contribution in [2.45, 2.75) is 3.74 Å². The van der Waals surface area contributed by atoms with Crippen LogP contribution in [0.5, 0.6) is 0 Å². The van der Waals surface area contributed by atoms with Gasteiger partial charge < -0.3 is 0 Å². The standard InChI is InChI=1S/C21H14Br2/c22-21(23)19-13-12-15-7-2-4-10-17(15)20(19)18-11-5-8-14-6-1-3-9-16(14)18/h1-13,21H. The predicted molar refractivity (Wildman–Crippen MR) is 107 cm³/mol. The number of halogens is 2. The molecule has 112 valence electrons. The molecule has 0 aliphatic carbocycles. The minimum atomic E-state index is 0.119. The van der Waals surface area contributed by atoms with Crippen molar-refractivity contribution < 1.29 is 0 Å². The van der Waals surface area contributed by atoms with E-state index in [4.69, 9.17) is 0 Å². The second kappa shape index (κ2) is 6.10. The summed E-state index contributed by atoms with van der Waals surface area (Å²) in [5.41, 5.74) is 3.82. The Balaban J connectivity index is 2.17. The maximum absolute atomic E-state index is 3.70. The van der Waals surface area contributed by atoms with E-state index < -0.39 is 0 Å². The highest BCUT2D eigenvalue weighted by molar-refractivity contribution is 9.24. The molecule has 0 aromatic heterocycles. The fourth-order valence-corrected chi connectivity index (χ4v) is 3.98. The van der Waals surface area contributed by atoms with Gasteiger partial charge in [0.05, 0.1) is 3.74 Å². The fourth-order valence-electron chi connectivity index (χ4n) is 3.21. The second-order valence-corrected chi connectivity index (χ2v) is 8.64. The Labute approximate surface area is 152 Å². The van der Waals surface area contributed by atoms with Crippen LogP contribution in [0.15, 0.2) is 78.9 Å². The largest absolute Gasteiger partial charge is 0.0952 e. The Morgan fingerprint density at radius 3 is 1.91 bits per heavy atom. The molecule has 0 heterocycles. The Hall–Kier alpha value is -1.64. The van der Waals surface area contributed by atoms with E-state index in [1.165, 1.54) is 38.2 Å². The maximum Gasteiger partial charge on any atom is 0.0952 e. The van der Waals surface area contributed by atoms with Crippen molar-refractivity contribution in [3.8, 4) is 11.1 Å². The average Bonchev–Trinajstić information content (AvgIpc) is 2.60. The van der Waals surface area contributed by atoms with Crippen molar-refractivity contribution in [2.75, 3.05) is 0 Å².